The first-order chi connectivity index (χ1) is 9.33. The summed E-state index contributed by atoms with van der Waals surface area (Å²) in [7, 11) is 0. The lowest BCUT2D eigenvalue weighted by Crippen LogP contribution is -2.51. The number of unbranched alkanes of at least 4 members (excludes halogenated alkanes) is 1. The molecule has 1 saturated heterocycles. The first-order valence-electron chi connectivity index (χ1n) is 8.50. The van der Waals surface area contributed by atoms with Gasteiger partial charge in [0.15, 0.2) is 0 Å². The Hall–Kier alpha value is -0.120. The third kappa shape index (κ3) is 4.73. The number of hydrogen-bond donors (Lipinski definition) is 1. The van der Waals surface area contributed by atoms with Crippen LogP contribution in [0.15, 0.2) is 0 Å². The van der Waals surface area contributed by atoms with Crippen LogP contribution < -0.4 is 5.73 Å². The van der Waals surface area contributed by atoms with Crippen LogP contribution >= 0.6 is 0 Å². The molecule has 2 aliphatic rings. The molecule has 1 heterocycles. The van der Waals surface area contributed by atoms with E-state index in [2.05, 4.69) is 16.7 Å². The Balaban J connectivity index is 1.63. The van der Waals surface area contributed by atoms with Crippen molar-refractivity contribution in [2.24, 2.45) is 11.7 Å². The minimum atomic E-state index is 0.848. The smallest absolute Gasteiger partial charge is 0.0113 e. The first kappa shape index (κ1) is 15.3. The zero-order valence-electron chi connectivity index (χ0n) is 12.8. The van der Waals surface area contributed by atoms with E-state index in [9.17, 15) is 0 Å². The van der Waals surface area contributed by atoms with Crippen LogP contribution in [0.3, 0.4) is 0 Å². The van der Waals surface area contributed by atoms with Gasteiger partial charge in [0.05, 0.1) is 0 Å². The number of nitrogens with two attached hydrogens (primary N) is 1. The molecular formula is C16H33N3. The lowest BCUT2D eigenvalue weighted by Gasteiger charge is -2.42. The van der Waals surface area contributed by atoms with Gasteiger partial charge in [0.2, 0.25) is 0 Å². The molecule has 1 aliphatic heterocycles. The van der Waals surface area contributed by atoms with Crippen molar-refractivity contribution >= 4 is 0 Å². The van der Waals surface area contributed by atoms with Crippen molar-refractivity contribution in [3.63, 3.8) is 0 Å². The number of hydrogen-bond acceptors (Lipinski definition) is 3. The molecular weight excluding hydrogens is 234 g/mol. The van der Waals surface area contributed by atoms with Crippen molar-refractivity contribution in [3.05, 3.63) is 0 Å². The molecule has 0 atom stereocenters. The van der Waals surface area contributed by atoms with Gasteiger partial charge in [-0.1, -0.05) is 13.3 Å². The standard InChI is InChI=1S/C16H33N3/c1-2-15-5-7-16(8-6-15)19-13-11-18(12-14-19)10-4-3-9-17/h15-16H,2-14,17H2,1H3. The molecule has 3 nitrogen and oxygen atoms in total. The number of rotatable bonds is 6. The molecule has 1 aliphatic carbocycles. The molecule has 2 rings (SSSR count). The molecule has 0 bridgehead atoms. The summed E-state index contributed by atoms with van der Waals surface area (Å²) in [6.45, 7) is 9.60. The third-order valence-electron chi connectivity index (χ3n) is 5.25. The van der Waals surface area contributed by atoms with Gasteiger partial charge in [-0.3, -0.25) is 4.90 Å². The Morgan fingerprint density at radius 1 is 0.947 bits per heavy atom. The summed E-state index contributed by atoms with van der Waals surface area (Å²) in [6, 6.07) is 0.897. The predicted molar refractivity (Wildman–Crippen MR) is 82.3 cm³/mol. The highest BCUT2D eigenvalue weighted by atomic mass is 15.3. The van der Waals surface area contributed by atoms with Crippen LogP contribution in [-0.4, -0.2) is 55.1 Å². The van der Waals surface area contributed by atoms with E-state index in [1.54, 1.807) is 0 Å². The fourth-order valence-electron chi connectivity index (χ4n) is 3.75. The van der Waals surface area contributed by atoms with E-state index in [1.807, 2.05) is 0 Å². The average Bonchev–Trinajstić information content (AvgIpc) is 2.48. The molecule has 0 unspecified atom stereocenters. The van der Waals surface area contributed by atoms with Gasteiger partial charge in [-0.15, -0.1) is 0 Å². The van der Waals surface area contributed by atoms with Crippen LogP contribution in [0.5, 0.6) is 0 Å². The van der Waals surface area contributed by atoms with E-state index in [4.69, 9.17) is 5.73 Å². The molecule has 0 aromatic carbocycles. The Morgan fingerprint density at radius 2 is 1.63 bits per heavy atom. The molecule has 0 aromatic rings. The number of nitrogens with zero attached hydrogens (tertiary/aromatic N) is 2. The summed E-state index contributed by atoms with van der Waals surface area (Å²) in [6.07, 6.45) is 9.69. The summed E-state index contributed by atoms with van der Waals surface area (Å²) in [5.41, 5.74) is 5.56. The maximum absolute atomic E-state index is 5.56. The minimum absolute atomic E-state index is 0.848. The topological polar surface area (TPSA) is 32.5 Å². The monoisotopic (exact) mass is 267 g/mol. The molecule has 2 fully saturated rings. The Morgan fingerprint density at radius 3 is 2.21 bits per heavy atom. The molecule has 19 heavy (non-hydrogen) atoms. The number of piperazine rings is 1. The lowest BCUT2D eigenvalue weighted by molar-refractivity contribution is 0.0696. The summed E-state index contributed by atoms with van der Waals surface area (Å²) in [4.78, 5) is 5.40. The normalized spacial score (nSPS) is 30.6. The second kappa shape index (κ2) is 8.23. The fraction of sp³-hybridized carbons (Fsp3) is 1.00. The molecule has 0 spiro atoms. The van der Waals surface area contributed by atoms with E-state index < -0.39 is 0 Å². The highest BCUT2D eigenvalue weighted by Gasteiger charge is 2.27. The van der Waals surface area contributed by atoms with Gasteiger partial charge in [-0.25, -0.2) is 0 Å². The zero-order chi connectivity index (χ0) is 13.5. The van der Waals surface area contributed by atoms with Crippen LogP contribution in [0.2, 0.25) is 0 Å². The van der Waals surface area contributed by atoms with E-state index in [1.165, 1.54) is 77.7 Å². The second-order valence-electron chi connectivity index (χ2n) is 6.46. The third-order valence-corrected chi connectivity index (χ3v) is 5.25. The quantitative estimate of drug-likeness (QED) is 0.750. The van der Waals surface area contributed by atoms with E-state index in [0.29, 0.717) is 0 Å². The molecule has 0 aromatic heterocycles. The van der Waals surface area contributed by atoms with Gasteiger partial charge >= 0.3 is 0 Å². The van der Waals surface area contributed by atoms with Crippen molar-refractivity contribution in [2.75, 3.05) is 39.3 Å². The highest BCUT2D eigenvalue weighted by Crippen LogP contribution is 2.29. The summed E-state index contributed by atoms with van der Waals surface area (Å²) >= 11 is 0. The van der Waals surface area contributed by atoms with E-state index >= 15 is 0 Å². The van der Waals surface area contributed by atoms with E-state index in [-0.39, 0.29) is 0 Å². The molecule has 112 valence electrons. The van der Waals surface area contributed by atoms with Gasteiger partial charge in [0.25, 0.3) is 0 Å². The van der Waals surface area contributed by atoms with E-state index in [0.717, 1.165) is 18.5 Å². The lowest BCUT2D eigenvalue weighted by atomic mass is 9.84. The van der Waals surface area contributed by atoms with Gasteiger partial charge in [-0.05, 0) is 57.5 Å². The average molecular weight is 267 g/mol. The van der Waals surface area contributed by atoms with Crippen molar-refractivity contribution in [1.29, 1.82) is 0 Å². The van der Waals surface area contributed by atoms with Crippen molar-refractivity contribution in [3.8, 4) is 0 Å². The summed E-state index contributed by atoms with van der Waals surface area (Å²) in [5, 5.41) is 0. The van der Waals surface area contributed by atoms with Crippen LogP contribution in [0.4, 0.5) is 0 Å². The van der Waals surface area contributed by atoms with Gasteiger partial charge < -0.3 is 10.6 Å². The largest absolute Gasteiger partial charge is 0.330 e. The van der Waals surface area contributed by atoms with Gasteiger partial charge in [0.1, 0.15) is 0 Å². The fourth-order valence-corrected chi connectivity index (χ4v) is 3.75. The predicted octanol–water partition coefficient (Wildman–Crippen LogP) is 2.31. The second-order valence-corrected chi connectivity index (χ2v) is 6.46. The zero-order valence-corrected chi connectivity index (χ0v) is 12.8. The molecule has 2 N–H and O–H groups in total. The van der Waals surface area contributed by atoms with Crippen LogP contribution in [0.1, 0.15) is 51.9 Å². The Labute approximate surface area is 119 Å². The Bertz CT molecular complexity index is 228. The summed E-state index contributed by atoms with van der Waals surface area (Å²) < 4.78 is 0. The molecule has 0 amide bonds. The van der Waals surface area contributed by atoms with Crippen molar-refractivity contribution < 1.29 is 0 Å². The van der Waals surface area contributed by atoms with Gasteiger partial charge in [0, 0.05) is 32.2 Å². The van der Waals surface area contributed by atoms with Gasteiger partial charge in [-0.2, -0.15) is 0 Å². The minimum Gasteiger partial charge on any atom is -0.330 e. The first-order valence-corrected chi connectivity index (χ1v) is 8.50. The van der Waals surface area contributed by atoms with Crippen LogP contribution in [-0.2, 0) is 0 Å². The Kier molecular flexibility index (Phi) is 6.62. The molecule has 3 heteroatoms. The highest BCUT2D eigenvalue weighted by molar-refractivity contribution is 4.83. The molecule has 1 saturated carbocycles. The van der Waals surface area contributed by atoms with Crippen molar-refractivity contribution in [2.45, 2.75) is 57.9 Å². The maximum Gasteiger partial charge on any atom is 0.0113 e. The maximum atomic E-state index is 5.56. The van der Waals surface area contributed by atoms with Crippen molar-refractivity contribution in [1.82, 2.24) is 9.80 Å². The van der Waals surface area contributed by atoms with Crippen LogP contribution in [0.25, 0.3) is 0 Å². The SMILES string of the molecule is CCC1CCC(N2CCN(CCCCN)CC2)CC1. The van der Waals surface area contributed by atoms with Crippen LogP contribution in [0, 0.1) is 5.92 Å². The molecule has 0 radical (unpaired) electrons. The summed E-state index contributed by atoms with van der Waals surface area (Å²) in [5.74, 6) is 1.02.